The Balaban J connectivity index is 1.48. The minimum absolute atomic E-state index is 0.0747. The number of ketones is 1. The first-order chi connectivity index (χ1) is 16.0. The van der Waals surface area contributed by atoms with E-state index in [1.807, 2.05) is 31.2 Å². The van der Waals surface area contributed by atoms with E-state index in [4.69, 9.17) is 16.6 Å². The Morgan fingerprint density at radius 1 is 1.21 bits per heavy atom. The summed E-state index contributed by atoms with van der Waals surface area (Å²) in [4.78, 5) is 32.2. The predicted molar refractivity (Wildman–Crippen MR) is 134 cm³/mol. The number of benzene rings is 1. The molecule has 1 aromatic carbocycles. The van der Waals surface area contributed by atoms with Crippen molar-refractivity contribution in [2.75, 3.05) is 5.32 Å². The standard InChI is InChI=1S/C25H26ClN5OS/c1-14-6-8-16(9-7-14)10-20(32)22-21-17(4-3-5-18(21)26)11-19(31-22)15(2)30-24-23-25(28-12-27-24)33-13-29-23/h3-5,11-16H,6-10H2,1-2H3,(H,27,28,30)/t14?,15-,16?/m0/s1. The monoisotopic (exact) mass is 479 g/mol. The summed E-state index contributed by atoms with van der Waals surface area (Å²) < 4.78 is 0. The quantitative estimate of drug-likeness (QED) is 0.304. The smallest absolute Gasteiger partial charge is 0.182 e. The number of nitrogens with zero attached hydrogens (tertiary/aromatic N) is 4. The van der Waals surface area contributed by atoms with Crippen LogP contribution in [-0.2, 0) is 0 Å². The van der Waals surface area contributed by atoms with Crippen LogP contribution in [0.4, 0.5) is 5.82 Å². The summed E-state index contributed by atoms with van der Waals surface area (Å²) in [6.07, 6.45) is 6.65. The zero-order valence-corrected chi connectivity index (χ0v) is 20.3. The lowest BCUT2D eigenvalue weighted by atomic mass is 9.80. The zero-order valence-electron chi connectivity index (χ0n) is 18.7. The number of carbonyl (C=O) groups excluding carboxylic acids is 1. The molecule has 0 saturated heterocycles. The average Bonchev–Trinajstić information content (AvgIpc) is 3.30. The summed E-state index contributed by atoms with van der Waals surface area (Å²) in [7, 11) is 0. The molecule has 0 unspecified atom stereocenters. The Morgan fingerprint density at radius 2 is 2.03 bits per heavy atom. The third-order valence-corrected chi connectivity index (χ3v) is 7.68. The molecule has 1 N–H and O–H groups in total. The lowest BCUT2D eigenvalue weighted by Crippen LogP contribution is -2.18. The van der Waals surface area contributed by atoms with Gasteiger partial charge >= 0.3 is 0 Å². The topological polar surface area (TPSA) is 80.7 Å². The van der Waals surface area contributed by atoms with Crippen molar-refractivity contribution in [3.05, 3.63) is 52.5 Å². The van der Waals surface area contributed by atoms with Crippen molar-refractivity contribution >= 4 is 55.7 Å². The molecule has 3 aromatic heterocycles. The van der Waals surface area contributed by atoms with E-state index in [1.165, 1.54) is 30.5 Å². The second kappa shape index (κ2) is 9.31. The van der Waals surface area contributed by atoms with Crippen LogP contribution in [-0.4, -0.2) is 25.7 Å². The van der Waals surface area contributed by atoms with E-state index in [-0.39, 0.29) is 11.8 Å². The van der Waals surface area contributed by atoms with E-state index in [2.05, 4.69) is 27.2 Å². The molecular weight excluding hydrogens is 454 g/mol. The fraction of sp³-hybridized carbons (Fsp3) is 0.400. The van der Waals surface area contributed by atoms with Crippen LogP contribution < -0.4 is 5.32 Å². The summed E-state index contributed by atoms with van der Waals surface area (Å²) in [5.41, 5.74) is 3.74. The van der Waals surface area contributed by atoms with Crippen LogP contribution in [0.2, 0.25) is 5.02 Å². The highest BCUT2D eigenvalue weighted by Gasteiger charge is 2.25. The van der Waals surface area contributed by atoms with Crippen molar-refractivity contribution in [2.45, 2.75) is 52.0 Å². The van der Waals surface area contributed by atoms with Gasteiger partial charge in [-0.3, -0.25) is 4.79 Å². The number of fused-ring (bicyclic) bond motifs is 2. The highest BCUT2D eigenvalue weighted by molar-refractivity contribution is 7.16. The second-order valence-corrected chi connectivity index (χ2v) is 10.3. The van der Waals surface area contributed by atoms with Crippen LogP contribution in [0.15, 0.2) is 36.1 Å². The number of rotatable bonds is 6. The molecule has 0 amide bonds. The van der Waals surface area contributed by atoms with Gasteiger partial charge in [0.1, 0.15) is 22.4 Å². The molecule has 170 valence electrons. The lowest BCUT2D eigenvalue weighted by Gasteiger charge is -2.25. The van der Waals surface area contributed by atoms with Crippen molar-refractivity contribution in [3.8, 4) is 0 Å². The highest BCUT2D eigenvalue weighted by Crippen LogP contribution is 2.34. The molecule has 1 atom stereocenters. The fourth-order valence-corrected chi connectivity index (χ4v) is 5.58. The van der Waals surface area contributed by atoms with Crippen molar-refractivity contribution in [3.63, 3.8) is 0 Å². The van der Waals surface area contributed by atoms with Gasteiger partial charge in [0.25, 0.3) is 0 Å². The van der Waals surface area contributed by atoms with Crippen LogP contribution >= 0.6 is 22.9 Å². The van der Waals surface area contributed by atoms with E-state index in [9.17, 15) is 4.79 Å². The molecule has 5 rings (SSSR count). The van der Waals surface area contributed by atoms with E-state index in [1.54, 1.807) is 5.51 Å². The Hall–Kier alpha value is -2.64. The minimum atomic E-state index is -0.185. The Bertz CT molecular complexity index is 1310. The number of aromatic nitrogens is 4. The van der Waals surface area contributed by atoms with Crippen molar-refractivity contribution in [1.82, 2.24) is 19.9 Å². The van der Waals surface area contributed by atoms with E-state index >= 15 is 0 Å². The van der Waals surface area contributed by atoms with Gasteiger partial charge < -0.3 is 5.32 Å². The van der Waals surface area contributed by atoms with Crippen molar-refractivity contribution < 1.29 is 4.79 Å². The molecule has 0 aliphatic heterocycles. The summed E-state index contributed by atoms with van der Waals surface area (Å²) in [6, 6.07) is 7.53. The maximum Gasteiger partial charge on any atom is 0.182 e. The van der Waals surface area contributed by atoms with Gasteiger partial charge in [-0.05, 0) is 49.1 Å². The molecule has 0 radical (unpaired) electrons. The number of hydrogen-bond acceptors (Lipinski definition) is 7. The molecule has 6 nitrogen and oxygen atoms in total. The second-order valence-electron chi connectivity index (χ2n) is 9.08. The molecule has 8 heteroatoms. The molecule has 4 aromatic rings. The first-order valence-corrected chi connectivity index (χ1v) is 12.7. The van der Waals surface area contributed by atoms with Gasteiger partial charge in [-0.2, -0.15) is 0 Å². The third-order valence-electron chi connectivity index (χ3n) is 6.63. The van der Waals surface area contributed by atoms with Gasteiger partial charge in [0.15, 0.2) is 11.6 Å². The Kier molecular flexibility index (Phi) is 6.25. The first-order valence-electron chi connectivity index (χ1n) is 11.4. The van der Waals surface area contributed by atoms with Gasteiger partial charge in [-0.1, -0.05) is 43.5 Å². The maximum absolute atomic E-state index is 13.5. The van der Waals surface area contributed by atoms with E-state index in [0.29, 0.717) is 28.9 Å². The molecule has 1 fully saturated rings. The molecule has 0 bridgehead atoms. The number of nitrogens with one attached hydrogen (secondary N) is 1. The highest BCUT2D eigenvalue weighted by atomic mass is 35.5. The Morgan fingerprint density at radius 3 is 2.85 bits per heavy atom. The van der Waals surface area contributed by atoms with E-state index < -0.39 is 0 Å². The molecule has 3 heterocycles. The lowest BCUT2D eigenvalue weighted by molar-refractivity contribution is 0.0941. The summed E-state index contributed by atoms with van der Waals surface area (Å²) >= 11 is 8.02. The number of anilines is 1. The van der Waals surface area contributed by atoms with Gasteiger partial charge in [0.05, 0.1) is 22.3 Å². The summed E-state index contributed by atoms with van der Waals surface area (Å²) in [5.74, 6) is 1.91. The maximum atomic E-state index is 13.5. The van der Waals surface area contributed by atoms with Crippen LogP contribution in [0.25, 0.3) is 21.1 Å². The minimum Gasteiger partial charge on any atom is -0.360 e. The Labute approximate surface area is 201 Å². The molecular formula is C25H26ClN5OS. The van der Waals surface area contributed by atoms with Crippen LogP contribution in [0.5, 0.6) is 0 Å². The molecule has 1 aliphatic carbocycles. The van der Waals surface area contributed by atoms with Crippen LogP contribution in [0.3, 0.4) is 0 Å². The number of hydrogen-bond donors (Lipinski definition) is 1. The van der Waals surface area contributed by atoms with Gasteiger partial charge in [0, 0.05) is 11.8 Å². The third kappa shape index (κ3) is 4.57. The number of carbonyl (C=O) groups is 1. The molecule has 0 spiro atoms. The van der Waals surface area contributed by atoms with Gasteiger partial charge in [0.2, 0.25) is 0 Å². The fourth-order valence-electron chi connectivity index (χ4n) is 4.68. The van der Waals surface area contributed by atoms with Crippen molar-refractivity contribution in [2.24, 2.45) is 11.8 Å². The number of Topliss-reactive ketones (excluding diaryl/α,β-unsaturated/α-hetero) is 1. The number of halogens is 1. The normalized spacial score (nSPS) is 19.6. The average molecular weight is 480 g/mol. The molecule has 33 heavy (non-hydrogen) atoms. The van der Waals surface area contributed by atoms with Gasteiger partial charge in [-0.25, -0.2) is 19.9 Å². The SMILES string of the molecule is CC1CCC(CC(=O)c2nc([C@H](C)Nc3ncnc4scnc34)cc3cccc(Cl)c23)CC1. The summed E-state index contributed by atoms with van der Waals surface area (Å²) in [5, 5.41) is 5.63. The predicted octanol–water partition coefficient (Wildman–Crippen LogP) is 6.86. The van der Waals surface area contributed by atoms with Gasteiger partial charge in [-0.15, -0.1) is 11.3 Å². The zero-order chi connectivity index (χ0) is 22.9. The van der Waals surface area contributed by atoms with E-state index in [0.717, 1.165) is 45.6 Å². The number of pyridine rings is 1. The molecule has 1 saturated carbocycles. The van der Waals surface area contributed by atoms with Crippen LogP contribution in [0, 0.1) is 11.8 Å². The number of thiazole rings is 1. The molecule has 1 aliphatic rings. The largest absolute Gasteiger partial charge is 0.360 e. The van der Waals surface area contributed by atoms with Crippen molar-refractivity contribution in [1.29, 1.82) is 0 Å². The van der Waals surface area contributed by atoms with Crippen LogP contribution in [0.1, 0.15) is 68.2 Å². The summed E-state index contributed by atoms with van der Waals surface area (Å²) in [6.45, 7) is 4.30. The first kappa shape index (κ1) is 22.2.